The molecular formula is C17H22N4O3S2. The second-order valence-electron chi connectivity index (χ2n) is 7.27. The van der Waals surface area contributed by atoms with Crippen LogP contribution < -0.4 is 9.62 Å². The van der Waals surface area contributed by atoms with Crippen LogP contribution in [0, 0.1) is 11.3 Å². The Morgan fingerprint density at radius 1 is 1.23 bits per heavy atom. The van der Waals surface area contributed by atoms with Gasteiger partial charge in [0.15, 0.2) is 0 Å². The van der Waals surface area contributed by atoms with Gasteiger partial charge in [0.2, 0.25) is 15.9 Å². The number of nitriles is 1. The summed E-state index contributed by atoms with van der Waals surface area (Å²) in [6.07, 6.45) is 4.69. The van der Waals surface area contributed by atoms with Gasteiger partial charge in [-0.05, 0) is 30.7 Å². The summed E-state index contributed by atoms with van der Waals surface area (Å²) in [4.78, 5) is 16.4. The van der Waals surface area contributed by atoms with E-state index in [4.69, 9.17) is 5.26 Å². The zero-order valence-corrected chi connectivity index (χ0v) is 16.1. The van der Waals surface area contributed by atoms with Gasteiger partial charge >= 0.3 is 0 Å². The van der Waals surface area contributed by atoms with Crippen LogP contribution in [0.15, 0.2) is 11.4 Å². The van der Waals surface area contributed by atoms with Gasteiger partial charge < -0.3 is 4.90 Å². The number of nitrogens with zero attached hydrogens (tertiary/aromatic N) is 3. The summed E-state index contributed by atoms with van der Waals surface area (Å²) in [5.41, 5.74) is 0.522. The number of nitrogens with one attached hydrogen (secondary N) is 1. The zero-order valence-electron chi connectivity index (χ0n) is 14.4. The van der Waals surface area contributed by atoms with E-state index in [-0.39, 0.29) is 18.0 Å². The fourth-order valence-electron chi connectivity index (χ4n) is 4.09. The Labute approximate surface area is 157 Å². The van der Waals surface area contributed by atoms with Crippen molar-refractivity contribution in [3.63, 3.8) is 0 Å². The lowest BCUT2D eigenvalue weighted by atomic mass is 10.1. The monoisotopic (exact) mass is 394 g/mol. The van der Waals surface area contributed by atoms with Gasteiger partial charge in [0, 0.05) is 25.7 Å². The number of likely N-dealkylation sites (tertiary alicyclic amines) is 1. The van der Waals surface area contributed by atoms with E-state index in [9.17, 15) is 13.2 Å². The summed E-state index contributed by atoms with van der Waals surface area (Å²) in [5.74, 6) is -0.0245. The van der Waals surface area contributed by atoms with Gasteiger partial charge in [0.1, 0.15) is 16.3 Å². The highest BCUT2D eigenvalue weighted by Gasteiger charge is 2.46. The molecule has 0 aromatic carbocycles. The van der Waals surface area contributed by atoms with Gasteiger partial charge in [-0.2, -0.15) is 5.26 Å². The maximum absolute atomic E-state index is 12.8. The molecule has 1 aliphatic carbocycles. The van der Waals surface area contributed by atoms with Crippen LogP contribution in [0.4, 0.5) is 5.00 Å². The fraction of sp³-hybridized carbons (Fsp3) is 0.647. The average molecular weight is 395 g/mol. The van der Waals surface area contributed by atoms with E-state index in [1.807, 2.05) is 10.3 Å². The molecule has 4 rings (SSSR count). The van der Waals surface area contributed by atoms with Gasteiger partial charge in [-0.1, -0.05) is 12.8 Å². The molecule has 1 aromatic rings. The third-order valence-electron chi connectivity index (χ3n) is 5.63. The fourth-order valence-corrected chi connectivity index (χ4v) is 6.64. The quantitative estimate of drug-likeness (QED) is 0.812. The van der Waals surface area contributed by atoms with E-state index in [0.717, 1.165) is 25.7 Å². The molecule has 0 radical (unpaired) electrons. The standard InChI is InChI=1S/C17H22N4O3S2/c18-9-12-6-8-25-17(12)21-7-5-15(16(21)22)20-10-14(11-20)26(23,24)19-13-3-1-2-4-13/h6,8,13-15,19H,1-5,7,10-11H2. The van der Waals surface area contributed by atoms with E-state index < -0.39 is 15.3 Å². The molecule has 3 fully saturated rings. The summed E-state index contributed by atoms with van der Waals surface area (Å²) in [6, 6.07) is 3.65. The Morgan fingerprint density at radius 3 is 2.65 bits per heavy atom. The number of sulfonamides is 1. The minimum atomic E-state index is -3.31. The van der Waals surface area contributed by atoms with E-state index in [1.54, 1.807) is 11.0 Å². The summed E-state index contributed by atoms with van der Waals surface area (Å²) in [5, 5.41) is 11.2. The first kappa shape index (κ1) is 17.9. The molecule has 3 heterocycles. The van der Waals surface area contributed by atoms with Crippen LogP contribution >= 0.6 is 11.3 Å². The lowest BCUT2D eigenvalue weighted by Gasteiger charge is -2.41. The molecule has 1 amide bonds. The van der Waals surface area contributed by atoms with Gasteiger partial charge in [0.05, 0.1) is 11.6 Å². The first-order valence-corrected chi connectivity index (χ1v) is 11.5. The van der Waals surface area contributed by atoms with Crippen LogP contribution in [0.25, 0.3) is 0 Å². The average Bonchev–Trinajstić information content (AvgIpc) is 3.27. The molecular weight excluding hydrogens is 372 g/mol. The number of carbonyl (C=O) groups excluding carboxylic acids is 1. The number of amides is 1. The maximum atomic E-state index is 12.8. The Balaban J connectivity index is 1.36. The summed E-state index contributed by atoms with van der Waals surface area (Å²) >= 11 is 1.40. The van der Waals surface area contributed by atoms with Crippen molar-refractivity contribution in [2.45, 2.75) is 49.4 Å². The second kappa shape index (κ2) is 6.93. The Hall–Kier alpha value is -1.47. The Morgan fingerprint density at radius 2 is 1.96 bits per heavy atom. The third kappa shape index (κ3) is 3.16. The Bertz CT molecular complexity index is 832. The van der Waals surface area contributed by atoms with Gasteiger partial charge in [-0.25, -0.2) is 13.1 Å². The number of thiophene rings is 1. The molecule has 3 aliphatic rings. The van der Waals surface area contributed by atoms with Crippen LogP contribution in [-0.2, 0) is 14.8 Å². The van der Waals surface area contributed by atoms with Crippen molar-refractivity contribution in [1.29, 1.82) is 5.26 Å². The van der Waals surface area contributed by atoms with Gasteiger partial charge in [-0.15, -0.1) is 11.3 Å². The van der Waals surface area contributed by atoms with E-state index in [1.165, 1.54) is 11.3 Å². The first-order chi connectivity index (χ1) is 12.5. The SMILES string of the molecule is N#Cc1ccsc1N1CCC(N2CC(S(=O)(=O)NC3CCCC3)C2)C1=O. The van der Waals surface area contributed by atoms with Crippen molar-refractivity contribution in [2.75, 3.05) is 24.5 Å². The molecule has 0 bridgehead atoms. The van der Waals surface area contributed by atoms with Gasteiger partial charge in [0.25, 0.3) is 0 Å². The van der Waals surface area contributed by atoms with E-state index >= 15 is 0 Å². The molecule has 0 spiro atoms. The summed E-state index contributed by atoms with van der Waals surface area (Å²) < 4.78 is 27.8. The molecule has 140 valence electrons. The van der Waals surface area contributed by atoms with Crippen molar-refractivity contribution in [1.82, 2.24) is 9.62 Å². The van der Waals surface area contributed by atoms with Crippen molar-refractivity contribution >= 4 is 32.3 Å². The number of hydrogen-bond acceptors (Lipinski definition) is 6. The van der Waals surface area contributed by atoms with Crippen LogP contribution in [0.3, 0.4) is 0 Å². The minimum Gasteiger partial charge on any atom is -0.301 e. The summed E-state index contributed by atoms with van der Waals surface area (Å²) in [6.45, 7) is 1.39. The molecule has 2 aliphatic heterocycles. The molecule has 1 unspecified atom stereocenters. The minimum absolute atomic E-state index is 0.0245. The van der Waals surface area contributed by atoms with Crippen LogP contribution in [0.1, 0.15) is 37.7 Å². The van der Waals surface area contributed by atoms with E-state index in [2.05, 4.69) is 10.8 Å². The first-order valence-electron chi connectivity index (χ1n) is 9.04. The molecule has 1 aromatic heterocycles. The molecule has 1 N–H and O–H groups in total. The molecule has 9 heteroatoms. The topological polar surface area (TPSA) is 93.5 Å². The molecule has 1 atom stereocenters. The molecule has 26 heavy (non-hydrogen) atoms. The van der Waals surface area contributed by atoms with Crippen molar-refractivity contribution in [2.24, 2.45) is 0 Å². The lowest BCUT2D eigenvalue weighted by molar-refractivity contribution is -0.122. The smallest absolute Gasteiger partial charge is 0.245 e. The molecule has 1 saturated carbocycles. The Kier molecular flexibility index (Phi) is 4.77. The normalized spacial score (nSPS) is 25.6. The van der Waals surface area contributed by atoms with Crippen molar-refractivity contribution in [3.05, 3.63) is 17.0 Å². The number of carbonyl (C=O) groups is 1. The number of anilines is 1. The largest absolute Gasteiger partial charge is 0.301 e. The zero-order chi connectivity index (χ0) is 18.3. The second-order valence-corrected chi connectivity index (χ2v) is 10.2. The van der Waals surface area contributed by atoms with Gasteiger partial charge in [-0.3, -0.25) is 9.69 Å². The molecule has 7 nitrogen and oxygen atoms in total. The number of hydrogen-bond donors (Lipinski definition) is 1. The van der Waals surface area contributed by atoms with Crippen LogP contribution in [0.2, 0.25) is 0 Å². The van der Waals surface area contributed by atoms with Crippen LogP contribution in [-0.4, -0.2) is 56.2 Å². The summed E-state index contributed by atoms with van der Waals surface area (Å²) in [7, 11) is -3.31. The third-order valence-corrected chi connectivity index (χ3v) is 8.40. The highest BCUT2D eigenvalue weighted by atomic mass is 32.2. The maximum Gasteiger partial charge on any atom is 0.245 e. The van der Waals surface area contributed by atoms with Crippen molar-refractivity contribution in [3.8, 4) is 6.07 Å². The predicted molar refractivity (Wildman–Crippen MR) is 99.5 cm³/mol. The molecule has 2 saturated heterocycles. The lowest BCUT2D eigenvalue weighted by Crippen LogP contribution is -2.62. The highest BCUT2D eigenvalue weighted by Crippen LogP contribution is 2.34. The number of rotatable bonds is 5. The van der Waals surface area contributed by atoms with E-state index in [0.29, 0.717) is 36.6 Å². The van der Waals surface area contributed by atoms with Crippen LogP contribution in [0.5, 0.6) is 0 Å². The highest BCUT2D eigenvalue weighted by molar-refractivity contribution is 7.90. The van der Waals surface area contributed by atoms with Crippen molar-refractivity contribution < 1.29 is 13.2 Å². The predicted octanol–water partition coefficient (Wildman–Crippen LogP) is 1.27.